The van der Waals surface area contributed by atoms with Crippen LogP contribution < -0.4 is 5.32 Å². The standard InChI is InChI=1S/C15H21N3O3/c1-3-17(4-2)12-11-16-15(19)10-7-13-5-8-14(9-6-13)18(20)21/h5-10H,3-4,11-12H2,1-2H3,(H,16,19). The molecule has 6 heteroatoms. The molecule has 1 N–H and O–H groups in total. The van der Waals surface area contributed by atoms with E-state index in [4.69, 9.17) is 0 Å². The van der Waals surface area contributed by atoms with Crippen LogP contribution in [-0.2, 0) is 4.79 Å². The average Bonchev–Trinajstić information content (AvgIpc) is 2.50. The molecule has 1 aromatic rings. The predicted octanol–water partition coefficient (Wildman–Crippen LogP) is 2.07. The summed E-state index contributed by atoms with van der Waals surface area (Å²) >= 11 is 0. The largest absolute Gasteiger partial charge is 0.351 e. The third kappa shape index (κ3) is 6.18. The lowest BCUT2D eigenvalue weighted by Crippen LogP contribution is -2.34. The van der Waals surface area contributed by atoms with Gasteiger partial charge < -0.3 is 10.2 Å². The minimum atomic E-state index is -0.451. The Morgan fingerprint density at radius 1 is 1.29 bits per heavy atom. The van der Waals surface area contributed by atoms with Crippen molar-refractivity contribution in [1.29, 1.82) is 0 Å². The van der Waals surface area contributed by atoms with Crippen LogP contribution in [0.5, 0.6) is 0 Å². The second-order valence-corrected chi connectivity index (χ2v) is 4.50. The van der Waals surface area contributed by atoms with Crippen LogP contribution in [0.4, 0.5) is 5.69 Å². The van der Waals surface area contributed by atoms with Crippen LogP contribution in [0.25, 0.3) is 6.08 Å². The van der Waals surface area contributed by atoms with E-state index in [2.05, 4.69) is 24.1 Å². The maximum absolute atomic E-state index is 11.6. The molecule has 1 aromatic carbocycles. The fourth-order valence-electron chi connectivity index (χ4n) is 1.82. The topological polar surface area (TPSA) is 75.5 Å². The molecule has 0 bridgehead atoms. The van der Waals surface area contributed by atoms with E-state index in [-0.39, 0.29) is 11.6 Å². The summed E-state index contributed by atoms with van der Waals surface area (Å²) in [5, 5.41) is 13.3. The Bertz CT molecular complexity index is 493. The van der Waals surface area contributed by atoms with Gasteiger partial charge >= 0.3 is 0 Å². The highest BCUT2D eigenvalue weighted by Crippen LogP contribution is 2.12. The Morgan fingerprint density at radius 2 is 1.90 bits per heavy atom. The van der Waals surface area contributed by atoms with Gasteiger partial charge in [0.1, 0.15) is 0 Å². The van der Waals surface area contributed by atoms with E-state index in [9.17, 15) is 14.9 Å². The van der Waals surface area contributed by atoms with Crippen molar-refractivity contribution in [3.8, 4) is 0 Å². The van der Waals surface area contributed by atoms with E-state index in [1.54, 1.807) is 18.2 Å². The van der Waals surface area contributed by atoms with Gasteiger partial charge in [-0.05, 0) is 36.9 Å². The molecule has 0 radical (unpaired) electrons. The summed E-state index contributed by atoms with van der Waals surface area (Å²) in [7, 11) is 0. The minimum Gasteiger partial charge on any atom is -0.351 e. The molecule has 0 saturated heterocycles. The number of hydrogen-bond acceptors (Lipinski definition) is 4. The lowest BCUT2D eigenvalue weighted by molar-refractivity contribution is -0.384. The van der Waals surface area contributed by atoms with Gasteiger partial charge in [0.25, 0.3) is 5.69 Å². The van der Waals surface area contributed by atoms with Crippen molar-refractivity contribution in [3.63, 3.8) is 0 Å². The second kappa shape index (κ2) is 8.86. The molecule has 0 fully saturated rings. The van der Waals surface area contributed by atoms with Gasteiger partial charge in [-0.1, -0.05) is 13.8 Å². The number of nitro groups is 1. The van der Waals surface area contributed by atoms with Gasteiger partial charge in [0.2, 0.25) is 5.91 Å². The van der Waals surface area contributed by atoms with Crippen molar-refractivity contribution >= 4 is 17.7 Å². The van der Waals surface area contributed by atoms with E-state index in [0.29, 0.717) is 6.54 Å². The lowest BCUT2D eigenvalue weighted by Gasteiger charge is -2.17. The summed E-state index contributed by atoms with van der Waals surface area (Å²) in [6.07, 6.45) is 3.07. The first-order valence-electron chi connectivity index (χ1n) is 6.99. The maximum Gasteiger partial charge on any atom is 0.269 e. The average molecular weight is 291 g/mol. The Morgan fingerprint density at radius 3 is 2.43 bits per heavy atom. The predicted molar refractivity (Wildman–Crippen MR) is 82.9 cm³/mol. The summed E-state index contributed by atoms with van der Waals surface area (Å²) in [5.74, 6) is -0.166. The minimum absolute atomic E-state index is 0.0378. The van der Waals surface area contributed by atoms with Gasteiger partial charge in [-0.15, -0.1) is 0 Å². The summed E-state index contributed by atoms with van der Waals surface area (Å²) in [6, 6.07) is 6.05. The van der Waals surface area contributed by atoms with Crippen LogP contribution in [-0.4, -0.2) is 41.9 Å². The third-order valence-electron chi connectivity index (χ3n) is 3.15. The fourth-order valence-corrected chi connectivity index (χ4v) is 1.82. The van der Waals surface area contributed by atoms with Gasteiger partial charge in [0.05, 0.1) is 4.92 Å². The summed E-state index contributed by atoms with van der Waals surface area (Å²) in [5.41, 5.74) is 0.787. The Kier molecular flexibility index (Phi) is 7.11. The molecule has 0 atom stereocenters. The smallest absolute Gasteiger partial charge is 0.269 e. The summed E-state index contributed by atoms with van der Waals surface area (Å²) < 4.78 is 0. The zero-order chi connectivity index (χ0) is 15.7. The van der Waals surface area contributed by atoms with Crippen LogP contribution in [0.1, 0.15) is 19.4 Å². The first kappa shape index (κ1) is 16.8. The van der Waals surface area contributed by atoms with Crippen molar-refractivity contribution in [2.75, 3.05) is 26.2 Å². The molecule has 1 amide bonds. The van der Waals surface area contributed by atoms with Gasteiger partial charge in [-0.2, -0.15) is 0 Å². The van der Waals surface area contributed by atoms with Gasteiger partial charge in [-0.25, -0.2) is 0 Å². The fraction of sp³-hybridized carbons (Fsp3) is 0.400. The van der Waals surface area contributed by atoms with E-state index >= 15 is 0 Å². The van der Waals surface area contributed by atoms with Crippen LogP contribution in [0.2, 0.25) is 0 Å². The van der Waals surface area contributed by atoms with Crippen LogP contribution in [0, 0.1) is 10.1 Å². The molecule has 21 heavy (non-hydrogen) atoms. The van der Waals surface area contributed by atoms with Gasteiger partial charge in [0.15, 0.2) is 0 Å². The number of nitrogens with zero attached hydrogens (tertiary/aromatic N) is 2. The highest BCUT2D eigenvalue weighted by Gasteiger charge is 2.03. The molecule has 0 aliphatic rings. The Labute approximate surface area is 124 Å². The second-order valence-electron chi connectivity index (χ2n) is 4.50. The molecule has 0 spiro atoms. The number of non-ortho nitro benzene ring substituents is 1. The number of carbonyl (C=O) groups is 1. The molecule has 0 saturated carbocycles. The maximum atomic E-state index is 11.6. The molecular weight excluding hydrogens is 270 g/mol. The van der Waals surface area contributed by atoms with Crippen molar-refractivity contribution in [3.05, 3.63) is 46.0 Å². The Hall–Kier alpha value is -2.21. The van der Waals surface area contributed by atoms with E-state index < -0.39 is 4.92 Å². The van der Waals surface area contributed by atoms with Crippen molar-refractivity contribution in [2.24, 2.45) is 0 Å². The number of benzene rings is 1. The Balaban J connectivity index is 2.41. The zero-order valence-corrected chi connectivity index (χ0v) is 12.4. The van der Waals surface area contributed by atoms with E-state index in [1.165, 1.54) is 18.2 Å². The zero-order valence-electron chi connectivity index (χ0n) is 12.4. The molecule has 0 aliphatic carbocycles. The number of nitrogens with one attached hydrogen (secondary N) is 1. The highest BCUT2D eigenvalue weighted by atomic mass is 16.6. The first-order valence-corrected chi connectivity index (χ1v) is 6.99. The molecule has 0 aliphatic heterocycles. The molecule has 0 unspecified atom stereocenters. The SMILES string of the molecule is CCN(CC)CCNC(=O)C=Cc1ccc([N+](=O)[O-])cc1. The third-order valence-corrected chi connectivity index (χ3v) is 3.15. The van der Waals surface area contributed by atoms with E-state index in [1.807, 2.05) is 0 Å². The number of carbonyl (C=O) groups excluding carboxylic acids is 1. The number of likely N-dealkylation sites (N-methyl/N-ethyl adjacent to an activating group) is 1. The molecule has 6 nitrogen and oxygen atoms in total. The van der Waals surface area contributed by atoms with Crippen molar-refractivity contribution in [2.45, 2.75) is 13.8 Å². The molecule has 114 valence electrons. The van der Waals surface area contributed by atoms with Crippen molar-refractivity contribution in [1.82, 2.24) is 10.2 Å². The van der Waals surface area contributed by atoms with E-state index in [0.717, 1.165) is 25.2 Å². The van der Waals surface area contributed by atoms with Crippen LogP contribution in [0.3, 0.4) is 0 Å². The number of rotatable bonds is 8. The normalized spacial score (nSPS) is 11.0. The van der Waals surface area contributed by atoms with Crippen LogP contribution >= 0.6 is 0 Å². The van der Waals surface area contributed by atoms with Crippen molar-refractivity contribution < 1.29 is 9.72 Å². The molecular formula is C15H21N3O3. The molecule has 0 heterocycles. The molecule has 0 aromatic heterocycles. The van der Waals surface area contributed by atoms with Gasteiger partial charge in [0, 0.05) is 31.3 Å². The number of nitro benzene ring substituents is 1. The number of hydrogen-bond donors (Lipinski definition) is 1. The van der Waals surface area contributed by atoms with Gasteiger partial charge in [-0.3, -0.25) is 14.9 Å². The monoisotopic (exact) mass is 291 g/mol. The summed E-state index contributed by atoms with van der Waals surface area (Å²) in [4.78, 5) is 23.9. The number of amides is 1. The summed E-state index contributed by atoms with van der Waals surface area (Å²) in [6.45, 7) is 7.52. The lowest BCUT2D eigenvalue weighted by atomic mass is 10.2. The quantitative estimate of drug-likeness (QED) is 0.452. The highest BCUT2D eigenvalue weighted by molar-refractivity contribution is 5.91. The first-order chi connectivity index (χ1) is 10.1. The van der Waals surface area contributed by atoms with Crippen LogP contribution in [0.15, 0.2) is 30.3 Å². The molecule has 1 rings (SSSR count).